The topological polar surface area (TPSA) is 123 Å². The van der Waals surface area contributed by atoms with Crippen LogP contribution in [-0.4, -0.2) is 36.0 Å². The van der Waals surface area contributed by atoms with Gasteiger partial charge < -0.3 is 15.2 Å². The maximum absolute atomic E-state index is 13.6. The van der Waals surface area contributed by atoms with Crippen LogP contribution >= 0.6 is 0 Å². The van der Waals surface area contributed by atoms with Crippen LogP contribution in [0.3, 0.4) is 0 Å². The molecule has 0 saturated heterocycles. The van der Waals surface area contributed by atoms with Crippen LogP contribution in [0.2, 0.25) is 0 Å². The van der Waals surface area contributed by atoms with E-state index in [4.69, 9.17) is 4.74 Å². The van der Waals surface area contributed by atoms with Gasteiger partial charge in [0, 0.05) is 6.20 Å². The van der Waals surface area contributed by atoms with E-state index in [1.54, 1.807) is 49.6 Å². The SMILES string of the molecule is COc1ccc(Cn2c(=O)c(C3=NS(=O)(=O)c4ccccc4N3)c(O)c3cccnc32)cc1. The molecule has 3 heterocycles. The van der Waals surface area contributed by atoms with Crippen molar-refractivity contribution in [3.63, 3.8) is 0 Å². The summed E-state index contributed by atoms with van der Waals surface area (Å²) in [6, 6.07) is 16.6. The molecule has 2 aromatic heterocycles. The van der Waals surface area contributed by atoms with E-state index < -0.39 is 21.3 Å². The number of aromatic hydroxyl groups is 1. The Kier molecular flexibility index (Phi) is 4.86. The van der Waals surface area contributed by atoms with Gasteiger partial charge in [0.2, 0.25) is 0 Å². The van der Waals surface area contributed by atoms with E-state index in [-0.39, 0.29) is 34.2 Å². The largest absolute Gasteiger partial charge is 0.506 e. The van der Waals surface area contributed by atoms with Gasteiger partial charge in [-0.3, -0.25) is 9.36 Å². The van der Waals surface area contributed by atoms with Crippen LogP contribution < -0.4 is 15.6 Å². The number of pyridine rings is 2. The summed E-state index contributed by atoms with van der Waals surface area (Å²) in [4.78, 5) is 17.9. The average Bonchev–Trinajstić information content (AvgIpc) is 2.82. The van der Waals surface area contributed by atoms with Gasteiger partial charge in [-0.05, 0) is 42.0 Å². The van der Waals surface area contributed by atoms with Crippen LogP contribution in [0.5, 0.6) is 11.5 Å². The fraction of sp³-hybridized carbons (Fsp3) is 0.0870. The molecule has 1 aliphatic heterocycles. The van der Waals surface area contributed by atoms with Gasteiger partial charge in [-0.2, -0.15) is 8.42 Å². The van der Waals surface area contributed by atoms with Crippen LogP contribution in [0.4, 0.5) is 5.69 Å². The average molecular weight is 462 g/mol. The van der Waals surface area contributed by atoms with Gasteiger partial charge in [-0.25, -0.2) is 4.98 Å². The molecule has 5 rings (SSSR count). The number of rotatable bonds is 4. The fourth-order valence-electron chi connectivity index (χ4n) is 3.76. The Bertz CT molecular complexity index is 1590. The number of aromatic nitrogens is 2. The van der Waals surface area contributed by atoms with Crippen molar-refractivity contribution in [2.45, 2.75) is 11.4 Å². The number of hydrogen-bond donors (Lipinski definition) is 2. The van der Waals surface area contributed by atoms with Crippen molar-refractivity contribution in [1.82, 2.24) is 9.55 Å². The van der Waals surface area contributed by atoms with Crippen molar-refractivity contribution in [3.05, 3.63) is 88.3 Å². The third-order valence-corrected chi connectivity index (χ3v) is 6.69. The first kappa shape index (κ1) is 20.7. The third kappa shape index (κ3) is 3.50. The lowest BCUT2D eigenvalue weighted by Gasteiger charge is -2.20. The first-order chi connectivity index (χ1) is 15.9. The molecule has 4 aromatic rings. The first-order valence-electron chi connectivity index (χ1n) is 9.94. The van der Waals surface area contributed by atoms with Gasteiger partial charge in [-0.15, -0.1) is 4.40 Å². The maximum atomic E-state index is 13.6. The molecule has 2 aromatic carbocycles. The number of ether oxygens (including phenoxy) is 1. The van der Waals surface area contributed by atoms with Crippen LogP contribution in [0, 0.1) is 0 Å². The first-order valence-corrected chi connectivity index (χ1v) is 11.4. The van der Waals surface area contributed by atoms with Gasteiger partial charge in [-0.1, -0.05) is 24.3 Å². The second-order valence-electron chi connectivity index (χ2n) is 7.37. The smallest absolute Gasteiger partial charge is 0.286 e. The lowest BCUT2D eigenvalue weighted by atomic mass is 10.1. The number of nitrogens with zero attached hydrogens (tertiary/aromatic N) is 3. The zero-order valence-electron chi connectivity index (χ0n) is 17.4. The maximum Gasteiger partial charge on any atom is 0.286 e. The molecule has 0 fully saturated rings. The summed E-state index contributed by atoms with van der Waals surface area (Å²) in [6.07, 6.45) is 1.52. The summed E-state index contributed by atoms with van der Waals surface area (Å²) in [5.74, 6) is 0.0328. The predicted molar refractivity (Wildman–Crippen MR) is 124 cm³/mol. The number of para-hydroxylation sites is 1. The number of benzene rings is 2. The molecule has 9 nitrogen and oxygen atoms in total. The molecule has 0 radical (unpaired) electrons. The summed E-state index contributed by atoms with van der Waals surface area (Å²) >= 11 is 0. The molecule has 166 valence electrons. The van der Waals surface area contributed by atoms with Crippen molar-refractivity contribution < 1.29 is 18.3 Å². The highest BCUT2D eigenvalue weighted by Crippen LogP contribution is 2.31. The number of sulfonamides is 1. The number of fused-ring (bicyclic) bond motifs is 2. The van der Waals surface area contributed by atoms with Crippen molar-refractivity contribution in [2.24, 2.45) is 4.40 Å². The summed E-state index contributed by atoms with van der Waals surface area (Å²) < 4.78 is 35.8. The molecular weight excluding hydrogens is 444 g/mol. The molecule has 0 saturated carbocycles. The number of hydrogen-bond acceptors (Lipinski definition) is 7. The van der Waals surface area contributed by atoms with E-state index >= 15 is 0 Å². The van der Waals surface area contributed by atoms with E-state index in [1.807, 2.05) is 12.1 Å². The highest BCUT2D eigenvalue weighted by Gasteiger charge is 2.29. The van der Waals surface area contributed by atoms with Crippen molar-refractivity contribution in [3.8, 4) is 11.5 Å². The second-order valence-corrected chi connectivity index (χ2v) is 8.95. The number of methoxy groups -OCH3 is 1. The Morgan fingerprint density at radius 1 is 1.06 bits per heavy atom. The molecule has 10 heteroatoms. The minimum atomic E-state index is -4.07. The van der Waals surface area contributed by atoms with E-state index in [0.29, 0.717) is 11.1 Å². The summed E-state index contributed by atoms with van der Waals surface area (Å²) in [7, 11) is -2.51. The molecule has 0 atom stereocenters. The van der Waals surface area contributed by atoms with Gasteiger partial charge in [0.1, 0.15) is 27.6 Å². The van der Waals surface area contributed by atoms with E-state index in [1.165, 1.54) is 16.8 Å². The summed E-state index contributed by atoms with van der Waals surface area (Å²) in [5.41, 5.74) is 0.448. The molecule has 0 bridgehead atoms. The highest BCUT2D eigenvalue weighted by molar-refractivity contribution is 7.90. The number of nitrogens with one attached hydrogen (secondary N) is 1. The Labute approximate surface area is 188 Å². The van der Waals surface area contributed by atoms with Crippen LogP contribution in [0.15, 0.2) is 80.9 Å². The molecule has 0 unspecified atom stereocenters. The molecular formula is C23H18N4O5S. The fourth-order valence-corrected chi connectivity index (χ4v) is 4.88. The molecule has 0 amide bonds. The highest BCUT2D eigenvalue weighted by atomic mass is 32.2. The molecule has 0 spiro atoms. The van der Waals surface area contributed by atoms with E-state index in [0.717, 1.165) is 5.56 Å². The van der Waals surface area contributed by atoms with Crippen LogP contribution in [-0.2, 0) is 16.6 Å². The summed E-state index contributed by atoms with van der Waals surface area (Å²) in [6.45, 7) is 0.139. The second kappa shape index (κ2) is 7.75. The molecule has 2 N–H and O–H groups in total. The predicted octanol–water partition coefficient (Wildman–Crippen LogP) is 2.72. The Balaban J connectivity index is 1.72. The monoisotopic (exact) mass is 462 g/mol. The molecule has 33 heavy (non-hydrogen) atoms. The molecule has 0 aliphatic carbocycles. The van der Waals surface area contributed by atoms with Gasteiger partial charge in [0.15, 0.2) is 5.84 Å². The normalized spacial score (nSPS) is 14.3. The molecule has 1 aliphatic rings. The quantitative estimate of drug-likeness (QED) is 0.478. The van der Waals surface area contributed by atoms with Gasteiger partial charge in [0.25, 0.3) is 15.6 Å². The van der Waals surface area contributed by atoms with Crippen molar-refractivity contribution in [1.29, 1.82) is 0 Å². The van der Waals surface area contributed by atoms with E-state index in [9.17, 15) is 18.3 Å². The Morgan fingerprint density at radius 2 is 1.82 bits per heavy atom. The minimum Gasteiger partial charge on any atom is -0.506 e. The standard InChI is InChI=1S/C23H18N4O5S/c1-32-15-10-8-14(9-11-15)13-27-22-16(5-4-12-24-22)20(28)19(23(27)29)21-25-17-6-2-3-7-18(17)33(30,31)26-21/h2-12,28H,13H2,1H3,(H,25,26). The van der Waals surface area contributed by atoms with Crippen LogP contribution in [0.1, 0.15) is 11.1 Å². The Hall–Kier alpha value is -4.18. The van der Waals surface area contributed by atoms with Gasteiger partial charge >= 0.3 is 0 Å². The van der Waals surface area contributed by atoms with Crippen molar-refractivity contribution >= 4 is 32.6 Å². The Morgan fingerprint density at radius 3 is 2.58 bits per heavy atom. The number of amidine groups is 1. The van der Waals surface area contributed by atoms with Crippen molar-refractivity contribution in [2.75, 3.05) is 12.4 Å². The minimum absolute atomic E-state index is 0.00532. The van der Waals surface area contributed by atoms with E-state index in [2.05, 4.69) is 14.7 Å². The lowest BCUT2D eigenvalue weighted by molar-refractivity contribution is 0.414. The number of anilines is 1. The zero-order valence-corrected chi connectivity index (χ0v) is 18.2. The lowest BCUT2D eigenvalue weighted by Crippen LogP contribution is -2.33. The third-order valence-electron chi connectivity index (χ3n) is 5.36. The van der Waals surface area contributed by atoms with Crippen LogP contribution in [0.25, 0.3) is 11.0 Å². The van der Waals surface area contributed by atoms with Gasteiger partial charge in [0.05, 0.1) is 24.7 Å². The zero-order chi connectivity index (χ0) is 23.2. The summed E-state index contributed by atoms with van der Waals surface area (Å²) in [5, 5.41) is 14.1.